The Morgan fingerprint density at radius 2 is 2.09 bits per heavy atom. The van der Waals surface area contributed by atoms with E-state index < -0.39 is 47.2 Å². The van der Waals surface area contributed by atoms with Crippen LogP contribution < -0.4 is 16.7 Å². The summed E-state index contributed by atoms with van der Waals surface area (Å²) in [6.45, 7) is 2.32. The molecule has 0 spiro atoms. The van der Waals surface area contributed by atoms with Gasteiger partial charge in [0, 0.05) is 22.7 Å². The maximum Gasteiger partial charge on any atom is 0.333 e. The van der Waals surface area contributed by atoms with Crippen molar-refractivity contribution < 1.29 is 27.9 Å². The van der Waals surface area contributed by atoms with Gasteiger partial charge in [-0.3, -0.25) is 23.6 Å². The van der Waals surface area contributed by atoms with E-state index in [1.807, 2.05) is 22.6 Å². The van der Waals surface area contributed by atoms with Crippen LogP contribution in [-0.2, 0) is 34.6 Å². The zero-order valence-corrected chi connectivity index (χ0v) is 19.8. The highest BCUT2D eigenvalue weighted by molar-refractivity contribution is 14.1. The predicted molar refractivity (Wildman–Crippen MR) is 117 cm³/mol. The first-order valence-electron chi connectivity index (χ1n) is 9.60. The van der Waals surface area contributed by atoms with Gasteiger partial charge in [-0.1, -0.05) is 6.07 Å². The van der Waals surface area contributed by atoms with E-state index in [4.69, 9.17) is 14.3 Å². The Kier molecular flexibility index (Phi) is 7.47. The molecule has 1 N–H and O–H groups in total. The molecule has 32 heavy (non-hydrogen) atoms. The van der Waals surface area contributed by atoms with Gasteiger partial charge in [-0.25, -0.2) is 19.1 Å². The quantitative estimate of drug-likeness (QED) is 0.405. The van der Waals surface area contributed by atoms with Crippen molar-refractivity contribution in [3.63, 3.8) is 0 Å². The number of carbonyl (C=O) groups is 1. The fraction of sp³-hybridized carbons (Fsp3) is 0.450. The van der Waals surface area contributed by atoms with Gasteiger partial charge in [-0.15, -0.1) is 0 Å². The number of halogens is 3. The molecule has 0 bridgehead atoms. The average molecular weight is 565 g/mol. The third-order valence-corrected chi connectivity index (χ3v) is 5.54. The predicted octanol–water partition coefficient (Wildman–Crippen LogP) is 1.62. The molecule has 0 aliphatic carbocycles. The summed E-state index contributed by atoms with van der Waals surface area (Å²) in [6, 6.07) is 4.31. The molecule has 0 radical (unpaired) electrons. The molecule has 2 heterocycles. The number of hydrogen-bond acceptors (Lipinski definition) is 6. The van der Waals surface area contributed by atoms with Gasteiger partial charge < -0.3 is 9.47 Å². The minimum Gasteiger partial charge on any atom is -0.348 e. The minimum atomic E-state index is -1.31. The lowest BCUT2D eigenvalue weighted by atomic mass is 10.0. The molecule has 1 aromatic heterocycles. The molecular formula is C20H22F2IN3O6. The average Bonchev–Trinajstić information content (AvgIpc) is 3.07. The molecule has 1 aliphatic heterocycles. The summed E-state index contributed by atoms with van der Waals surface area (Å²) in [5.74, 6) is -2.39. The second-order valence-corrected chi connectivity index (χ2v) is 8.87. The molecule has 9 nitrogen and oxygen atoms in total. The smallest absolute Gasteiger partial charge is 0.333 e. The first kappa shape index (κ1) is 24.5. The fourth-order valence-electron chi connectivity index (χ4n) is 3.29. The lowest BCUT2D eigenvalue weighted by Crippen LogP contribution is -2.45. The highest BCUT2D eigenvalue weighted by Crippen LogP contribution is 2.22. The van der Waals surface area contributed by atoms with Crippen molar-refractivity contribution >= 4 is 28.5 Å². The van der Waals surface area contributed by atoms with Crippen LogP contribution in [0, 0.1) is 9.39 Å². The van der Waals surface area contributed by atoms with Crippen molar-refractivity contribution in [2.75, 3.05) is 13.2 Å². The zero-order valence-electron chi connectivity index (χ0n) is 17.6. The molecule has 1 amide bonds. The molecule has 12 heteroatoms. The number of aromatic nitrogens is 2. The Morgan fingerprint density at radius 3 is 2.69 bits per heavy atom. The number of hydrogen-bond donors (Lipinski definition) is 1. The molecule has 1 unspecified atom stereocenters. The summed E-state index contributed by atoms with van der Waals surface area (Å²) < 4.78 is 41.0. The Bertz CT molecular complexity index is 1150. The van der Waals surface area contributed by atoms with Crippen LogP contribution in [0.25, 0.3) is 0 Å². The fourth-order valence-corrected chi connectivity index (χ4v) is 3.74. The highest BCUT2D eigenvalue weighted by atomic mass is 127. The van der Waals surface area contributed by atoms with Gasteiger partial charge in [0.25, 0.3) is 11.5 Å². The van der Waals surface area contributed by atoms with E-state index in [-0.39, 0.29) is 30.9 Å². The molecule has 1 aromatic carbocycles. The number of benzene rings is 1. The van der Waals surface area contributed by atoms with Gasteiger partial charge in [-0.05, 0) is 54.1 Å². The Morgan fingerprint density at radius 1 is 1.38 bits per heavy atom. The van der Waals surface area contributed by atoms with Crippen molar-refractivity contribution in [3.05, 3.63) is 65.2 Å². The number of alkyl halides is 1. The maximum atomic E-state index is 14.4. The van der Waals surface area contributed by atoms with E-state index in [0.717, 1.165) is 7.05 Å². The van der Waals surface area contributed by atoms with Crippen LogP contribution >= 0.6 is 22.6 Å². The summed E-state index contributed by atoms with van der Waals surface area (Å²) in [4.78, 5) is 43.1. The van der Waals surface area contributed by atoms with Gasteiger partial charge in [0.2, 0.25) is 0 Å². The second kappa shape index (κ2) is 9.77. The molecule has 0 saturated carbocycles. The number of rotatable bonds is 7. The van der Waals surface area contributed by atoms with Gasteiger partial charge in [0.15, 0.2) is 12.6 Å². The van der Waals surface area contributed by atoms with Gasteiger partial charge in [-0.2, -0.15) is 0 Å². The van der Waals surface area contributed by atoms with Crippen LogP contribution in [0.4, 0.5) is 8.78 Å². The lowest BCUT2D eigenvalue weighted by molar-refractivity contribution is -0.147. The third-order valence-electron chi connectivity index (χ3n) is 4.87. The Labute approximate surface area is 195 Å². The first-order chi connectivity index (χ1) is 15.0. The molecule has 1 atom stereocenters. The number of carbonyl (C=O) groups excluding carboxylic acids is 1. The van der Waals surface area contributed by atoms with E-state index in [0.29, 0.717) is 12.7 Å². The van der Waals surface area contributed by atoms with Crippen molar-refractivity contribution in [2.45, 2.75) is 39.0 Å². The molecular weight excluding hydrogens is 543 g/mol. The molecule has 1 saturated heterocycles. The molecule has 174 valence electrons. The summed E-state index contributed by atoms with van der Waals surface area (Å²) in [5, 5.41) is 0. The molecule has 1 aliphatic rings. The van der Waals surface area contributed by atoms with Crippen LogP contribution in [0.15, 0.2) is 27.8 Å². The topological polar surface area (TPSA) is 101 Å². The Hall–Kier alpha value is -2.16. The van der Waals surface area contributed by atoms with Crippen molar-refractivity contribution in [3.8, 4) is 0 Å². The van der Waals surface area contributed by atoms with Crippen LogP contribution in [0.2, 0.25) is 0 Å². The highest BCUT2D eigenvalue weighted by Gasteiger charge is 2.33. The van der Waals surface area contributed by atoms with Gasteiger partial charge in [0.05, 0.1) is 6.61 Å². The maximum absolute atomic E-state index is 14.4. The zero-order chi connectivity index (χ0) is 23.6. The number of ether oxygens (including phenoxy) is 2. The molecule has 2 aromatic rings. The monoisotopic (exact) mass is 565 g/mol. The number of hydroxylamine groups is 1. The standard InChI is InChI=1S/C20H22F2IN3O6/c1-20(2)30-8-13(32-20)9-31-24-17(27)16-15(6-11-4-5-12(23)7-14(11)22)26(10-21)19(29)25(3)18(16)28/h4-5,7,13H,6,8-10H2,1-3H3,(H,24,27). The minimum absolute atomic E-state index is 0.0701. The van der Waals surface area contributed by atoms with Crippen LogP contribution in [-0.4, -0.2) is 40.1 Å². The van der Waals surface area contributed by atoms with Crippen LogP contribution in [0.5, 0.6) is 0 Å². The molecule has 3 rings (SSSR count). The van der Waals surface area contributed by atoms with E-state index in [2.05, 4.69) is 5.48 Å². The summed E-state index contributed by atoms with van der Waals surface area (Å²) >= 11 is 1.92. The van der Waals surface area contributed by atoms with E-state index in [9.17, 15) is 23.2 Å². The largest absolute Gasteiger partial charge is 0.348 e. The molecule has 1 fully saturated rings. The van der Waals surface area contributed by atoms with Crippen molar-refractivity contribution in [2.24, 2.45) is 7.05 Å². The van der Waals surface area contributed by atoms with Crippen LogP contribution in [0.3, 0.4) is 0 Å². The summed E-state index contributed by atoms with van der Waals surface area (Å²) in [7, 11) is 1.12. The van der Waals surface area contributed by atoms with Crippen molar-refractivity contribution in [1.29, 1.82) is 0 Å². The second-order valence-electron chi connectivity index (χ2n) is 7.62. The number of nitrogens with one attached hydrogen (secondary N) is 1. The third kappa shape index (κ3) is 5.24. The lowest BCUT2D eigenvalue weighted by Gasteiger charge is -2.18. The summed E-state index contributed by atoms with van der Waals surface area (Å²) in [6.07, 6.45) is -0.803. The Balaban J connectivity index is 1.91. The SMILES string of the molecule is Cn1c(=O)c(C(=O)NOCC2COC(C)(C)O2)c(Cc2ccc(I)cc2F)n(CF)c1=O. The van der Waals surface area contributed by atoms with E-state index in [1.165, 1.54) is 12.1 Å². The van der Waals surface area contributed by atoms with E-state index in [1.54, 1.807) is 19.9 Å². The number of nitrogens with zero attached hydrogens (tertiary/aromatic N) is 2. The first-order valence-corrected chi connectivity index (χ1v) is 10.7. The summed E-state index contributed by atoms with van der Waals surface area (Å²) in [5.41, 5.74) is -0.488. The van der Waals surface area contributed by atoms with Crippen molar-refractivity contribution in [1.82, 2.24) is 14.6 Å². The van der Waals surface area contributed by atoms with E-state index >= 15 is 0 Å². The van der Waals surface area contributed by atoms with Gasteiger partial charge >= 0.3 is 5.69 Å². The van der Waals surface area contributed by atoms with Crippen LogP contribution in [0.1, 0.15) is 35.5 Å². The normalized spacial score (nSPS) is 17.5. The van der Waals surface area contributed by atoms with Gasteiger partial charge in [0.1, 0.15) is 24.1 Å². The number of amides is 1.